The minimum Gasteiger partial charge on any atom is -0.309 e. The second-order valence-electron chi connectivity index (χ2n) is 18.8. The molecule has 4 heteroatoms. The summed E-state index contributed by atoms with van der Waals surface area (Å²) >= 11 is 0. The Morgan fingerprint density at radius 3 is 1.87 bits per heavy atom. The number of benzene rings is 9. The normalized spacial score (nSPS) is 13.9. The van der Waals surface area contributed by atoms with Gasteiger partial charge in [0.05, 0.1) is 22.4 Å². The number of hydrogen-bond acceptors (Lipinski definition) is 2. The van der Waals surface area contributed by atoms with E-state index in [1.54, 1.807) is 0 Å². The number of nitrogens with zero attached hydrogens (tertiary/aromatic N) is 4. The number of fused-ring (bicyclic) bond motifs is 8. The van der Waals surface area contributed by atoms with E-state index in [4.69, 9.17) is 23.1 Å². The molecule has 0 saturated carbocycles. The van der Waals surface area contributed by atoms with Crippen molar-refractivity contribution in [3.63, 3.8) is 0 Å². The van der Waals surface area contributed by atoms with E-state index >= 15 is 0 Å². The zero-order valence-electron chi connectivity index (χ0n) is 39.3. The lowest BCUT2D eigenvalue weighted by Crippen LogP contribution is -2.22. The van der Waals surface area contributed by atoms with Crippen LogP contribution in [0.3, 0.4) is 0 Å². The fraction of sp³-hybridized carbons (Fsp3) is 0.0769. The number of hydrogen-bond donors (Lipinski definition) is 0. The highest BCUT2D eigenvalue weighted by molar-refractivity contribution is 6.14. The second kappa shape index (κ2) is 16.3. The summed E-state index contributed by atoms with van der Waals surface area (Å²) in [5, 5.41) is 2.45. The molecule has 0 saturated heterocycles. The maximum absolute atomic E-state index is 5.33. The highest BCUT2D eigenvalue weighted by Crippen LogP contribution is 2.53. The summed E-state index contributed by atoms with van der Waals surface area (Å²) in [6.07, 6.45) is 0. The molecule has 4 nitrogen and oxygen atoms in total. The van der Waals surface area contributed by atoms with Gasteiger partial charge in [0.25, 0.3) is 0 Å². The highest BCUT2D eigenvalue weighted by Gasteiger charge is 2.36. The maximum atomic E-state index is 5.33. The molecule has 69 heavy (non-hydrogen) atoms. The largest absolute Gasteiger partial charge is 0.309 e. The summed E-state index contributed by atoms with van der Waals surface area (Å²) < 4.78 is 2.44. The SMILES string of the molecule is C=C1c2cc(-c3ccc4c(c3)c3cc5c(cc3n4-c3ccccc3)C(C)(C)c3ccccc3-5)ccc2N(C(=C)N=C(N=C(C)c2ccccc2)c2ccccc2)c2cccc(-c3ccccc3C)c21. The van der Waals surface area contributed by atoms with Crippen LogP contribution < -0.4 is 4.90 Å². The summed E-state index contributed by atoms with van der Waals surface area (Å²) in [6.45, 7) is 18.5. The van der Waals surface area contributed by atoms with E-state index in [-0.39, 0.29) is 5.41 Å². The van der Waals surface area contributed by atoms with Gasteiger partial charge in [-0.15, -0.1) is 0 Å². The van der Waals surface area contributed by atoms with Crippen molar-refractivity contribution in [1.29, 1.82) is 0 Å². The lowest BCUT2D eigenvalue weighted by molar-refractivity contribution is 0.661. The minimum absolute atomic E-state index is 0.117. The number of amidine groups is 1. The third-order valence-corrected chi connectivity index (χ3v) is 14.4. The molecular formula is C65H50N4. The minimum atomic E-state index is -0.117. The summed E-state index contributed by atoms with van der Waals surface area (Å²) in [6, 6.07) is 73.8. The zero-order chi connectivity index (χ0) is 47.0. The lowest BCUT2D eigenvalue weighted by Gasteiger charge is -2.35. The van der Waals surface area contributed by atoms with Crippen molar-refractivity contribution in [3.8, 4) is 39.1 Å². The van der Waals surface area contributed by atoms with E-state index in [0.29, 0.717) is 11.7 Å². The quantitative estimate of drug-likeness (QED) is 0.116. The lowest BCUT2D eigenvalue weighted by atomic mass is 9.82. The van der Waals surface area contributed by atoms with Gasteiger partial charge in [0.15, 0.2) is 5.84 Å². The van der Waals surface area contributed by atoms with Gasteiger partial charge in [0.2, 0.25) is 0 Å². The van der Waals surface area contributed by atoms with Crippen LogP contribution >= 0.6 is 0 Å². The van der Waals surface area contributed by atoms with E-state index in [1.165, 1.54) is 49.6 Å². The number of anilines is 2. The Bertz CT molecular complexity index is 3790. The van der Waals surface area contributed by atoms with Crippen molar-refractivity contribution in [3.05, 3.63) is 264 Å². The van der Waals surface area contributed by atoms with E-state index in [2.05, 4.69) is 200 Å². The van der Waals surface area contributed by atoms with Gasteiger partial charge in [-0.05, 0) is 130 Å². The molecule has 2 aliphatic rings. The first kappa shape index (κ1) is 41.8. The molecule has 12 rings (SSSR count). The van der Waals surface area contributed by atoms with Crippen LogP contribution in [0.5, 0.6) is 0 Å². The molecule has 9 aromatic carbocycles. The van der Waals surface area contributed by atoms with Gasteiger partial charge in [-0.25, -0.2) is 9.98 Å². The molecule has 1 aromatic heterocycles. The molecule has 0 atom stereocenters. The van der Waals surface area contributed by atoms with Crippen molar-refractivity contribution in [2.24, 2.45) is 9.98 Å². The van der Waals surface area contributed by atoms with E-state index in [1.807, 2.05) is 43.3 Å². The van der Waals surface area contributed by atoms with Crippen LogP contribution in [0.2, 0.25) is 0 Å². The van der Waals surface area contributed by atoms with Gasteiger partial charge < -0.3 is 4.57 Å². The molecule has 1 aliphatic heterocycles. The Morgan fingerprint density at radius 1 is 0.493 bits per heavy atom. The Morgan fingerprint density at radius 2 is 1.12 bits per heavy atom. The number of aromatic nitrogens is 1. The third kappa shape index (κ3) is 6.82. The summed E-state index contributed by atoms with van der Waals surface area (Å²) in [7, 11) is 0. The number of para-hydroxylation sites is 1. The Balaban J connectivity index is 1.05. The van der Waals surface area contributed by atoms with E-state index < -0.39 is 0 Å². The second-order valence-corrected chi connectivity index (χ2v) is 18.8. The van der Waals surface area contributed by atoms with Crippen LogP contribution in [0.15, 0.2) is 235 Å². The van der Waals surface area contributed by atoms with Crippen molar-refractivity contribution < 1.29 is 0 Å². The molecule has 0 spiro atoms. The van der Waals surface area contributed by atoms with Crippen LogP contribution in [0.4, 0.5) is 11.4 Å². The topological polar surface area (TPSA) is 32.9 Å². The first-order valence-electron chi connectivity index (χ1n) is 23.7. The monoisotopic (exact) mass is 886 g/mol. The zero-order valence-corrected chi connectivity index (χ0v) is 39.3. The Hall–Kier alpha value is -8.60. The summed E-state index contributed by atoms with van der Waals surface area (Å²) in [4.78, 5) is 12.7. The van der Waals surface area contributed by atoms with Crippen LogP contribution in [0.25, 0.3) is 66.4 Å². The number of aryl methyl sites for hydroxylation is 1. The Kier molecular flexibility index (Phi) is 9.89. The molecule has 0 unspecified atom stereocenters. The fourth-order valence-corrected chi connectivity index (χ4v) is 10.9. The van der Waals surface area contributed by atoms with Crippen LogP contribution in [-0.4, -0.2) is 16.1 Å². The van der Waals surface area contributed by atoms with Crippen molar-refractivity contribution in [1.82, 2.24) is 4.57 Å². The highest BCUT2D eigenvalue weighted by atomic mass is 15.2. The number of rotatable bonds is 7. The maximum Gasteiger partial charge on any atom is 0.161 e. The van der Waals surface area contributed by atoms with Gasteiger partial charge in [0.1, 0.15) is 5.82 Å². The van der Waals surface area contributed by atoms with Crippen molar-refractivity contribution >= 4 is 50.3 Å². The van der Waals surface area contributed by atoms with Crippen molar-refractivity contribution in [2.75, 3.05) is 4.90 Å². The Labute approximate surface area is 404 Å². The summed E-state index contributed by atoms with van der Waals surface area (Å²) in [5.74, 6) is 1.14. The molecule has 330 valence electrons. The molecule has 2 heterocycles. The molecular weight excluding hydrogens is 837 g/mol. The van der Waals surface area contributed by atoms with E-state index in [0.717, 1.165) is 72.9 Å². The predicted molar refractivity (Wildman–Crippen MR) is 291 cm³/mol. The van der Waals surface area contributed by atoms with Gasteiger partial charge in [-0.2, -0.15) is 0 Å². The van der Waals surface area contributed by atoms with Gasteiger partial charge in [-0.3, -0.25) is 4.90 Å². The molecule has 1 aliphatic carbocycles. The average Bonchev–Trinajstić information content (AvgIpc) is 3.82. The molecule has 0 bridgehead atoms. The van der Waals surface area contributed by atoms with Crippen LogP contribution in [-0.2, 0) is 5.41 Å². The predicted octanol–water partition coefficient (Wildman–Crippen LogP) is 16.7. The molecule has 0 amide bonds. The number of aliphatic imine (C=N–C) groups is 2. The van der Waals surface area contributed by atoms with Gasteiger partial charge in [-0.1, -0.05) is 179 Å². The molecule has 0 radical (unpaired) electrons. The van der Waals surface area contributed by atoms with Crippen LogP contribution in [0.1, 0.15) is 59.7 Å². The molecule has 0 N–H and O–H groups in total. The van der Waals surface area contributed by atoms with Gasteiger partial charge in [0, 0.05) is 44.3 Å². The average molecular weight is 887 g/mol. The summed E-state index contributed by atoms with van der Waals surface area (Å²) in [5.41, 5.74) is 22.2. The fourth-order valence-electron chi connectivity index (χ4n) is 10.9. The van der Waals surface area contributed by atoms with E-state index in [9.17, 15) is 0 Å². The molecule has 10 aromatic rings. The first-order valence-corrected chi connectivity index (χ1v) is 23.7. The third-order valence-electron chi connectivity index (χ3n) is 14.4. The van der Waals surface area contributed by atoms with Gasteiger partial charge >= 0.3 is 0 Å². The molecule has 0 fully saturated rings. The van der Waals surface area contributed by atoms with Crippen LogP contribution in [0, 0.1) is 6.92 Å². The smallest absolute Gasteiger partial charge is 0.161 e. The standard InChI is InChI=1S/C65H50N4/c1-41-21-16-17-28-50(41)52-30-20-32-61-63(52)42(2)53-37-47(33-35-59(53)68(61)44(4)67-64(46-24-12-8-13-25-46)66-43(3)45-22-10-7-11-23-45)48-34-36-60-55(38-48)56-39-54-51-29-18-19-31-57(51)65(5,6)58(54)40-62(56)69(60)49-26-14-9-15-27-49/h7-40H,2,4H2,1,3,5-6H3. The van der Waals surface area contributed by atoms with Crippen molar-refractivity contribution in [2.45, 2.75) is 33.1 Å². The first-order chi connectivity index (χ1) is 33.7.